The Bertz CT molecular complexity index is 1250. The second-order valence-electron chi connectivity index (χ2n) is 7.39. The highest BCUT2D eigenvalue weighted by molar-refractivity contribution is 7.15. The highest BCUT2D eigenvalue weighted by Crippen LogP contribution is 2.36. The maximum Gasteiger partial charge on any atom is 0.162 e. The van der Waals surface area contributed by atoms with Crippen LogP contribution in [-0.4, -0.2) is 42.7 Å². The van der Waals surface area contributed by atoms with Gasteiger partial charge in [0.25, 0.3) is 0 Å². The van der Waals surface area contributed by atoms with Gasteiger partial charge >= 0.3 is 0 Å². The standard InChI is InChI=1S/C20H17F2N5O2S/c1-10-19(30-15(23-10)8-29-9-20(28)5-6-20)14-4-2-3-13(24-14)11-7-12(21)17-18(16(11)22)26-27-25-17/h2-4,7,28H,5-6,8-9H2,1H3,(H,25,26,27). The first kappa shape index (κ1) is 19.2. The van der Waals surface area contributed by atoms with Crippen LogP contribution in [0.25, 0.3) is 32.9 Å². The van der Waals surface area contributed by atoms with Crippen molar-refractivity contribution < 1.29 is 18.6 Å². The second-order valence-corrected chi connectivity index (χ2v) is 8.47. The first-order chi connectivity index (χ1) is 14.4. The van der Waals surface area contributed by atoms with Gasteiger partial charge in [0.1, 0.15) is 5.01 Å². The summed E-state index contributed by atoms with van der Waals surface area (Å²) in [5.41, 5.74) is 0.695. The molecule has 0 spiro atoms. The van der Waals surface area contributed by atoms with Gasteiger partial charge in [-0.3, -0.25) is 0 Å². The maximum atomic E-state index is 14.9. The first-order valence-corrected chi connectivity index (χ1v) is 10.2. The lowest BCUT2D eigenvalue weighted by atomic mass is 10.1. The number of nitrogens with zero attached hydrogens (tertiary/aromatic N) is 4. The lowest BCUT2D eigenvalue weighted by Gasteiger charge is -2.06. The quantitative estimate of drug-likeness (QED) is 0.484. The van der Waals surface area contributed by atoms with Crippen molar-refractivity contribution in [3.05, 3.63) is 46.6 Å². The van der Waals surface area contributed by atoms with Gasteiger partial charge in [-0.05, 0) is 38.0 Å². The molecular weight excluding hydrogens is 412 g/mol. The van der Waals surface area contributed by atoms with E-state index in [1.807, 2.05) is 6.92 Å². The van der Waals surface area contributed by atoms with Crippen LogP contribution in [0.3, 0.4) is 0 Å². The molecule has 0 atom stereocenters. The first-order valence-electron chi connectivity index (χ1n) is 9.36. The van der Waals surface area contributed by atoms with Gasteiger partial charge in [0, 0.05) is 5.56 Å². The van der Waals surface area contributed by atoms with E-state index in [-0.39, 0.29) is 22.3 Å². The van der Waals surface area contributed by atoms with E-state index in [0.717, 1.165) is 34.5 Å². The van der Waals surface area contributed by atoms with Crippen molar-refractivity contribution in [3.8, 4) is 21.8 Å². The number of aromatic nitrogens is 5. The van der Waals surface area contributed by atoms with Crippen LogP contribution in [0.4, 0.5) is 8.78 Å². The minimum absolute atomic E-state index is 0.0131. The van der Waals surface area contributed by atoms with Gasteiger partial charge < -0.3 is 9.84 Å². The molecular formula is C20H17F2N5O2S. The molecule has 3 aromatic heterocycles. The fourth-order valence-corrected chi connectivity index (χ4v) is 4.17. The number of H-pyrrole nitrogens is 1. The van der Waals surface area contributed by atoms with E-state index in [1.165, 1.54) is 11.3 Å². The number of ether oxygens (including phenoxy) is 1. The third-order valence-corrected chi connectivity index (χ3v) is 6.17. The third kappa shape index (κ3) is 3.47. The van der Waals surface area contributed by atoms with Crippen LogP contribution in [-0.2, 0) is 11.3 Å². The molecule has 0 aliphatic heterocycles. The number of hydrogen-bond acceptors (Lipinski definition) is 7. The zero-order valence-electron chi connectivity index (χ0n) is 15.9. The van der Waals surface area contributed by atoms with Crippen molar-refractivity contribution in [1.29, 1.82) is 0 Å². The molecule has 1 fully saturated rings. The van der Waals surface area contributed by atoms with Gasteiger partial charge in [0.2, 0.25) is 0 Å². The van der Waals surface area contributed by atoms with Crippen LogP contribution in [0.1, 0.15) is 23.5 Å². The predicted molar refractivity (Wildman–Crippen MR) is 107 cm³/mol. The van der Waals surface area contributed by atoms with Crippen molar-refractivity contribution in [2.45, 2.75) is 32.0 Å². The number of pyridine rings is 1. The number of hydrogen-bond donors (Lipinski definition) is 2. The minimum Gasteiger partial charge on any atom is -0.387 e. The van der Waals surface area contributed by atoms with Crippen LogP contribution in [0, 0.1) is 18.6 Å². The molecule has 0 saturated heterocycles. The van der Waals surface area contributed by atoms with E-state index in [4.69, 9.17) is 4.74 Å². The van der Waals surface area contributed by atoms with Crippen LogP contribution in [0.5, 0.6) is 0 Å². The smallest absolute Gasteiger partial charge is 0.162 e. The molecule has 154 valence electrons. The SMILES string of the molecule is Cc1nc(COCC2(O)CC2)sc1-c1cccc(-c2cc(F)c3n[nH]nc3c2F)n1. The van der Waals surface area contributed by atoms with Crippen LogP contribution >= 0.6 is 11.3 Å². The highest BCUT2D eigenvalue weighted by atomic mass is 32.1. The molecule has 7 nitrogen and oxygen atoms in total. The number of nitrogens with one attached hydrogen (secondary N) is 1. The Hall–Kier alpha value is -2.82. The summed E-state index contributed by atoms with van der Waals surface area (Å²) in [6.07, 6.45) is 1.53. The molecule has 2 N–H and O–H groups in total. The second kappa shape index (κ2) is 7.15. The molecule has 1 saturated carbocycles. The normalized spacial score (nSPS) is 15.1. The number of aryl methyl sites for hydroxylation is 1. The van der Waals surface area contributed by atoms with E-state index in [9.17, 15) is 13.9 Å². The number of halogens is 2. The van der Waals surface area contributed by atoms with Crippen LogP contribution in [0.15, 0.2) is 24.3 Å². The van der Waals surface area contributed by atoms with Gasteiger partial charge in [0.15, 0.2) is 22.7 Å². The number of fused-ring (bicyclic) bond motifs is 1. The molecule has 1 aliphatic carbocycles. The number of benzene rings is 1. The van der Waals surface area contributed by atoms with Crippen molar-refractivity contribution in [3.63, 3.8) is 0 Å². The number of aliphatic hydroxyl groups is 1. The lowest BCUT2D eigenvalue weighted by molar-refractivity contribution is 0.0130. The Labute approximate surface area is 173 Å². The van der Waals surface area contributed by atoms with Gasteiger partial charge in [-0.2, -0.15) is 15.4 Å². The van der Waals surface area contributed by atoms with E-state index in [0.29, 0.717) is 18.9 Å². The van der Waals surface area contributed by atoms with Gasteiger partial charge in [-0.1, -0.05) is 6.07 Å². The molecule has 0 unspecified atom stereocenters. The predicted octanol–water partition coefficient (Wildman–Crippen LogP) is 3.77. The summed E-state index contributed by atoms with van der Waals surface area (Å²) >= 11 is 1.42. The van der Waals surface area contributed by atoms with Gasteiger partial charge in [-0.15, -0.1) is 11.3 Å². The van der Waals surface area contributed by atoms with Gasteiger partial charge in [-0.25, -0.2) is 18.7 Å². The minimum atomic E-state index is -0.682. The highest BCUT2D eigenvalue weighted by Gasteiger charge is 2.40. The molecule has 0 amide bonds. The van der Waals surface area contributed by atoms with E-state index < -0.39 is 17.2 Å². The molecule has 1 aliphatic rings. The molecule has 30 heavy (non-hydrogen) atoms. The summed E-state index contributed by atoms with van der Waals surface area (Å²) < 4.78 is 34.7. The van der Waals surface area contributed by atoms with Gasteiger partial charge in [0.05, 0.1) is 40.8 Å². The Morgan fingerprint density at radius 1 is 1.17 bits per heavy atom. The Morgan fingerprint density at radius 3 is 2.73 bits per heavy atom. The maximum absolute atomic E-state index is 14.9. The molecule has 3 heterocycles. The van der Waals surface area contributed by atoms with E-state index >= 15 is 0 Å². The average Bonchev–Trinajstić information content (AvgIpc) is 3.13. The summed E-state index contributed by atoms with van der Waals surface area (Å²) in [4.78, 5) is 9.87. The Morgan fingerprint density at radius 2 is 1.93 bits per heavy atom. The number of aromatic amines is 1. The lowest BCUT2D eigenvalue weighted by Crippen LogP contribution is -2.15. The zero-order chi connectivity index (χ0) is 20.9. The third-order valence-electron chi connectivity index (χ3n) is 5.01. The van der Waals surface area contributed by atoms with Crippen molar-refractivity contribution in [2.24, 2.45) is 0 Å². The monoisotopic (exact) mass is 429 g/mol. The van der Waals surface area contributed by atoms with Crippen LogP contribution < -0.4 is 0 Å². The molecule has 4 aromatic rings. The van der Waals surface area contributed by atoms with Crippen molar-refractivity contribution >= 4 is 22.4 Å². The summed E-state index contributed by atoms with van der Waals surface area (Å²) in [5.74, 6) is -1.36. The van der Waals surface area contributed by atoms with E-state index in [2.05, 4.69) is 25.4 Å². The average molecular weight is 429 g/mol. The summed E-state index contributed by atoms with van der Waals surface area (Å²) in [5, 5.41) is 20.2. The molecule has 1 aromatic carbocycles. The molecule has 5 rings (SSSR count). The van der Waals surface area contributed by atoms with Crippen molar-refractivity contribution in [1.82, 2.24) is 25.4 Å². The topological polar surface area (TPSA) is 96.8 Å². The fourth-order valence-electron chi connectivity index (χ4n) is 3.20. The zero-order valence-corrected chi connectivity index (χ0v) is 16.8. The summed E-state index contributed by atoms with van der Waals surface area (Å²) in [6.45, 7) is 2.46. The van der Waals surface area contributed by atoms with Crippen molar-refractivity contribution in [2.75, 3.05) is 6.61 Å². The molecule has 10 heteroatoms. The largest absolute Gasteiger partial charge is 0.387 e. The molecule has 0 radical (unpaired) electrons. The number of rotatable bonds is 6. The van der Waals surface area contributed by atoms with Crippen LogP contribution in [0.2, 0.25) is 0 Å². The summed E-state index contributed by atoms with van der Waals surface area (Å²) in [7, 11) is 0. The Kier molecular flexibility index (Phi) is 4.57. The molecule has 0 bridgehead atoms. The summed E-state index contributed by atoms with van der Waals surface area (Å²) in [6, 6.07) is 6.22. The number of thiazole rings is 1. The Balaban J connectivity index is 1.45. The fraction of sp³-hybridized carbons (Fsp3) is 0.300. The van der Waals surface area contributed by atoms with E-state index in [1.54, 1.807) is 18.2 Å².